The standard InChI is InChI=1S/C33H36N4O3/c1-2-18-40-33(39)25-8-4-7-24(20-25)32(38)37-29-10-3-6-23(19-29)21-35-27-12-14-28(15-13-27)36-31-11-5-9-26-22-34-17-16-30(26)31/h3-11,16-17,19-20,22,27-28,35-36H,2,12-15,18,21H2,1H3,(H,37,38). The summed E-state index contributed by atoms with van der Waals surface area (Å²) in [6, 6.07) is 23.8. The van der Waals surface area contributed by atoms with Gasteiger partial charge >= 0.3 is 5.97 Å². The Labute approximate surface area is 235 Å². The lowest BCUT2D eigenvalue weighted by Gasteiger charge is -2.30. The molecule has 1 saturated carbocycles. The molecule has 1 amide bonds. The van der Waals surface area contributed by atoms with Crippen LogP contribution >= 0.6 is 0 Å². The van der Waals surface area contributed by atoms with Gasteiger partial charge in [-0.3, -0.25) is 9.78 Å². The van der Waals surface area contributed by atoms with E-state index in [-0.39, 0.29) is 5.91 Å². The minimum absolute atomic E-state index is 0.261. The molecule has 0 radical (unpaired) electrons. The molecule has 5 rings (SSSR count). The van der Waals surface area contributed by atoms with E-state index in [9.17, 15) is 9.59 Å². The summed E-state index contributed by atoms with van der Waals surface area (Å²) in [6.07, 6.45) is 8.95. The Bertz CT molecular complexity index is 1460. The Morgan fingerprint density at radius 2 is 1.68 bits per heavy atom. The van der Waals surface area contributed by atoms with Crippen molar-refractivity contribution in [3.05, 3.63) is 102 Å². The van der Waals surface area contributed by atoms with E-state index in [0.29, 0.717) is 29.8 Å². The second-order valence-electron chi connectivity index (χ2n) is 10.3. The van der Waals surface area contributed by atoms with Crippen LogP contribution in [0.25, 0.3) is 10.8 Å². The second-order valence-corrected chi connectivity index (χ2v) is 10.3. The smallest absolute Gasteiger partial charge is 0.338 e. The molecular formula is C33H36N4O3. The molecule has 1 aliphatic rings. The van der Waals surface area contributed by atoms with Gasteiger partial charge in [-0.2, -0.15) is 0 Å². The highest BCUT2D eigenvalue weighted by Crippen LogP contribution is 2.27. The number of carbonyl (C=O) groups is 2. The molecule has 0 bridgehead atoms. The largest absolute Gasteiger partial charge is 0.462 e. The number of hydrogen-bond acceptors (Lipinski definition) is 6. The first-order valence-corrected chi connectivity index (χ1v) is 14.1. The number of fused-ring (bicyclic) bond motifs is 1. The van der Waals surface area contributed by atoms with Crippen molar-refractivity contribution in [1.29, 1.82) is 0 Å². The highest BCUT2D eigenvalue weighted by molar-refractivity contribution is 6.05. The summed E-state index contributed by atoms with van der Waals surface area (Å²) in [4.78, 5) is 29.3. The number of rotatable bonds is 10. The topological polar surface area (TPSA) is 92.4 Å². The summed E-state index contributed by atoms with van der Waals surface area (Å²) < 4.78 is 5.19. The minimum atomic E-state index is -0.416. The molecular weight excluding hydrogens is 500 g/mol. The van der Waals surface area contributed by atoms with Gasteiger partial charge in [0.2, 0.25) is 0 Å². The number of nitrogens with zero attached hydrogens (tertiary/aromatic N) is 1. The van der Waals surface area contributed by atoms with Gasteiger partial charge in [-0.1, -0.05) is 37.3 Å². The lowest BCUT2D eigenvalue weighted by molar-refractivity contribution is 0.0505. The maximum atomic E-state index is 12.9. The van der Waals surface area contributed by atoms with Crippen LogP contribution in [0.5, 0.6) is 0 Å². The summed E-state index contributed by atoms with van der Waals surface area (Å²) in [5.74, 6) is -0.677. The number of carbonyl (C=O) groups excluding carboxylic acids is 2. The molecule has 1 heterocycles. The molecule has 40 heavy (non-hydrogen) atoms. The number of benzene rings is 3. The number of nitrogens with one attached hydrogen (secondary N) is 3. The molecule has 0 unspecified atom stereocenters. The third-order valence-corrected chi connectivity index (χ3v) is 7.35. The molecule has 4 aromatic rings. The lowest BCUT2D eigenvalue weighted by Crippen LogP contribution is -2.36. The summed E-state index contributed by atoms with van der Waals surface area (Å²) >= 11 is 0. The van der Waals surface area contributed by atoms with Gasteiger partial charge in [0.1, 0.15) is 0 Å². The molecule has 206 valence electrons. The van der Waals surface area contributed by atoms with Crippen LogP contribution in [0.3, 0.4) is 0 Å². The van der Waals surface area contributed by atoms with Crippen LogP contribution in [0, 0.1) is 0 Å². The Hall–Kier alpha value is -4.23. The first-order chi connectivity index (χ1) is 19.6. The molecule has 1 aliphatic carbocycles. The molecule has 7 heteroatoms. The van der Waals surface area contributed by atoms with Crippen LogP contribution in [0.15, 0.2) is 85.2 Å². The molecule has 0 saturated heterocycles. The van der Waals surface area contributed by atoms with Crippen molar-refractivity contribution >= 4 is 34.0 Å². The van der Waals surface area contributed by atoms with Crippen LogP contribution in [-0.2, 0) is 11.3 Å². The average molecular weight is 537 g/mol. The maximum Gasteiger partial charge on any atom is 0.338 e. The number of pyridine rings is 1. The van der Waals surface area contributed by atoms with Gasteiger partial charge in [-0.25, -0.2) is 4.79 Å². The molecule has 3 aromatic carbocycles. The Morgan fingerprint density at radius 3 is 2.52 bits per heavy atom. The molecule has 0 spiro atoms. The van der Waals surface area contributed by atoms with Crippen LogP contribution in [0.4, 0.5) is 11.4 Å². The third kappa shape index (κ3) is 7.04. The van der Waals surface area contributed by atoms with Crippen LogP contribution in [-0.4, -0.2) is 35.6 Å². The van der Waals surface area contributed by atoms with E-state index < -0.39 is 5.97 Å². The molecule has 3 N–H and O–H groups in total. The molecule has 0 atom stereocenters. The van der Waals surface area contributed by atoms with Gasteiger partial charge in [0.25, 0.3) is 5.91 Å². The van der Waals surface area contributed by atoms with E-state index in [2.05, 4.69) is 51.3 Å². The zero-order chi connectivity index (χ0) is 27.7. The lowest BCUT2D eigenvalue weighted by atomic mass is 9.90. The fraction of sp³-hybridized carbons (Fsp3) is 0.303. The molecule has 1 aromatic heterocycles. The summed E-state index contributed by atoms with van der Waals surface area (Å²) in [7, 11) is 0. The summed E-state index contributed by atoms with van der Waals surface area (Å²) in [5, 5.41) is 12.8. The van der Waals surface area contributed by atoms with Crippen LogP contribution in [0.1, 0.15) is 65.3 Å². The van der Waals surface area contributed by atoms with Crippen molar-refractivity contribution in [3.8, 4) is 0 Å². The molecule has 1 fully saturated rings. The second kappa shape index (κ2) is 13.2. The SMILES string of the molecule is CCCOC(=O)c1cccc(C(=O)Nc2cccc(CNC3CCC(Nc4cccc5cnccc45)CC3)c2)c1. The summed E-state index contributed by atoms with van der Waals surface area (Å²) in [5.41, 5.74) is 3.80. The first-order valence-electron chi connectivity index (χ1n) is 14.1. The zero-order valence-corrected chi connectivity index (χ0v) is 22.9. The normalized spacial score (nSPS) is 16.8. The highest BCUT2D eigenvalue weighted by atomic mass is 16.5. The van der Waals surface area contributed by atoms with Crippen molar-refractivity contribution in [2.45, 2.75) is 57.7 Å². The predicted molar refractivity (Wildman–Crippen MR) is 160 cm³/mol. The quantitative estimate of drug-likeness (QED) is 0.199. The zero-order valence-electron chi connectivity index (χ0n) is 22.9. The van der Waals surface area contributed by atoms with Crippen molar-refractivity contribution in [2.75, 3.05) is 17.2 Å². The minimum Gasteiger partial charge on any atom is -0.462 e. The maximum absolute atomic E-state index is 12.9. The van der Waals surface area contributed by atoms with Gasteiger partial charge < -0.3 is 20.7 Å². The van der Waals surface area contributed by atoms with Crippen molar-refractivity contribution in [1.82, 2.24) is 10.3 Å². The molecule has 0 aliphatic heterocycles. The van der Waals surface area contributed by atoms with Gasteiger partial charge in [-0.15, -0.1) is 0 Å². The fourth-order valence-corrected chi connectivity index (χ4v) is 5.20. The number of aromatic nitrogens is 1. The number of ether oxygens (including phenoxy) is 1. The average Bonchev–Trinajstić information content (AvgIpc) is 3.00. The van der Waals surface area contributed by atoms with Gasteiger partial charge in [0.15, 0.2) is 0 Å². The van der Waals surface area contributed by atoms with E-state index in [0.717, 1.165) is 55.3 Å². The third-order valence-electron chi connectivity index (χ3n) is 7.35. The predicted octanol–water partition coefficient (Wildman–Crippen LogP) is 6.57. The first kappa shape index (κ1) is 27.3. The van der Waals surface area contributed by atoms with E-state index in [1.807, 2.05) is 37.5 Å². The van der Waals surface area contributed by atoms with Crippen molar-refractivity contribution in [2.24, 2.45) is 0 Å². The summed E-state index contributed by atoms with van der Waals surface area (Å²) in [6.45, 7) is 3.04. The van der Waals surface area contributed by atoms with E-state index in [1.54, 1.807) is 24.3 Å². The van der Waals surface area contributed by atoms with Gasteiger partial charge in [-0.05, 0) is 80.1 Å². The van der Waals surface area contributed by atoms with Gasteiger partial charge in [0.05, 0.1) is 12.2 Å². The highest BCUT2D eigenvalue weighted by Gasteiger charge is 2.21. The van der Waals surface area contributed by atoms with Crippen LogP contribution in [0.2, 0.25) is 0 Å². The number of anilines is 2. The van der Waals surface area contributed by atoms with Crippen molar-refractivity contribution in [3.63, 3.8) is 0 Å². The molecule has 7 nitrogen and oxygen atoms in total. The van der Waals surface area contributed by atoms with E-state index in [1.165, 1.54) is 11.1 Å². The number of hydrogen-bond donors (Lipinski definition) is 3. The van der Waals surface area contributed by atoms with Crippen LogP contribution < -0.4 is 16.0 Å². The Balaban J connectivity index is 1.11. The van der Waals surface area contributed by atoms with Gasteiger partial charge in [0, 0.05) is 58.7 Å². The Morgan fingerprint density at radius 1 is 0.900 bits per heavy atom. The fourth-order valence-electron chi connectivity index (χ4n) is 5.20. The van der Waals surface area contributed by atoms with Crippen molar-refractivity contribution < 1.29 is 14.3 Å². The van der Waals surface area contributed by atoms with E-state index >= 15 is 0 Å². The number of esters is 1. The Kier molecular flexibility index (Phi) is 9.04. The number of amides is 1. The monoisotopic (exact) mass is 536 g/mol. The van der Waals surface area contributed by atoms with E-state index in [4.69, 9.17) is 4.74 Å².